The van der Waals surface area contributed by atoms with E-state index in [4.69, 9.17) is 11.6 Å². The lowest BCUT2D eigenvalue weighted by Crippen LogP contribution is -2.22. The van der Waals surface area contributed by atoms with Crippen LogP contribution in [0.3, 0.4) is 0 Å². The lowest BCUT2D eigenvalue weighted by Gasteiger charge is -2.06. The minimum absolute atomic E-state index is 0.323. The highest BCUT2D eigenvalue weighted by atomic mass is 35.5. The fourth-order valence-electron chi connectivity index (χ4n) is 1.49. The summed E-state index contributed by atoms with van der Waals surface area (Å²) >= 11 is 6.11. The number of aromatic nitrogens is 2. The first-order chi connectivity index (χ1) is 7.60. The number of nitrogens with one attached hydrogen (secondary N) is 1. The van der Waals surface area contributed by atoms with E-state index in [-0.39, 0.29) is 6.54 Å². The van der Waals surface area contributed by atoms with Gasteiger partial charge in [-0.25, -0.2) is 8.78 Å². The van der Waals surface area contributed by atoms with E-state index in [1.165, 1.54) is 0 Å². The average Bonchev–Trinajstić information content (AvgIpc) is 2.55. The van der Waals surface area contributed by atoms with E-state index in [0.717, 1.165) is 17.8 Å². The first-order valence-corrected chi connectivity index (χ1v) is 5.70. The summed E-state index contributed by atoms with van der Waals surface area (Å²) in [4.78, 5) is 0. The first kappa shape index (κ1) is 13.4. The van der Waals surface area contributed by atoms with E-state index in [2.05, 4.69) is 10.4 Å². The van der Waals surface area contributed by atoms with Crippen LogP contribution in [0.25, 0.3) is 0 Å². The second-order valence-corrected chi connectivity index (χ2v) is 3.78. The van der Waals surface area contributed by atoms with Gasteiger partial charge in [-0.2, -0.15) is 5.10 Å². The Kier molecular flexibility index (Phi) is 5.15. The zero-order valence-corrected chi connectivity index (χ0v) is 10.2. The van der Waals surface area contributed by atoms with Crippen LogP contribution in [0.2, 0.25) is 5.02 Å². The molecular weight excluding hydrogens is 236 g/mol. The summed E-state index contributed by atoms with van der Waals surface area (Å²) in [5.74, 6) is 0. The van der Waals surface area contributed by atoms with Gasteiger partial charge in [0.05, 0.1) is 23.0 Å². The van der Waals surface area contributed by atoms with Crippen molar-refractivity contribution in [3.63, 3.8) is 0 Å². The predicted octanol–water partition coefficient (Wildman–Crippen LogP) is 2.47. The number of alkyl halides is 2. The Bertz CT molecular complexity index is 339. The Labute approximate surface area is 98.8 Å². The summed E-state index contributed by atoms with van der Waals surface area (Å²) in [6, 6.07) is 0. The monoisotopic (exact) mass is 251 g/mol. The van der Waals surface area contributed by atoms with Gasteiger partial charge in [0, 0.05) is 13.1 Å². The first-order valence-electron chi connectivity index (χ1n) is 5.33. The van der Waals surface area contributed by atoms with E-state index in [1.54, 1.807) is 4.68 Å². The van der Waals surface area contributed by atoms with E-state index in [0.29, 0.717) is 18.1 Å². The maximum Gasteiger partial charge on any atom is 0.250 e. The van der Waals surface area contributed by atoms with E-state index in [9.17, 15) is 8.78 Å². The summed E-state index contributed by atoms with van der Waals surface area (Å²) in [6.45, 7) is 4.59. The van der Waals surface area contributed by atoms with Crippen LogP contribution in [0, 0.1) is 0 Å². The molecule has 0 aromatic carbocycles. The van der Waals surface area contributed by atoms with Gasteiger partial charge in [-0.3, -0.25) is 4.68 Å². The van der Waals surface area contributed by atoms with Gasteiger partial charge in [0.25, 0.3) is 6.43 Å². The average molecular weight is 252 g/mol. The zero-order chi connectivity index (χ0) is 12.1. The molecule has 0 bridgehead atoms. The molecule has 0 saturated carbocycles. The Morgan fingerprint density at radius 3 is 2.62 bits per heavy atom. The lowest BCUT2D eigenvalue weighted by atomic mass is 10.3. The lowest BCUT2D eigenvalue weighted by molar-refractivity contribution is 0.145. The predicted molar refractivity (Wildman–Crippen MR) is 60.0 cm³/mol. The minimum Gasteiger partial charge on any atom is -0.306 e. The van der Waals surface area contributed by atoms with Crippen LogP contribution in [0.15, 0.2) is 0 Å². The largest absolute Gasteiger partial charge is 0.306 e. The highest BCUT2D eigenvalue weighted by Crippen LogP contribution is 2.21. The molecule has 0 fully saturated rings. The van der Waals surface area contributed by atoms with Gasteiger partial charge in [-0.05, 0) is 13.3 Å². The molecule has 1 rings (SSSR count). The molecule has 6 heteroatoms. The van der Waals surface area contributed by atoms with Crippen molar-refractivity contribution in [2.24, 2.45) is 0 Å². The van der Waals surface area contributed by atoms with Crippen molar-refractivity contribution < 1.29 is 8.78 Å². The molecule has 3 nitrogen and oxygen atoms in total. The van der Waals surface area contributed by atoms with Crippen molar-refractivity contribution in [2.75, 3.05) is 6.54 Å². The van der Waals surface area contributed by atoms with Gasteiger partial charge in [0.1, 0.15) is 0 Å². The summed E-state index contributed by atoms with van der Waals surface area (Å²) < 4.78 is 25.7. The quantitative estimate of drug-likeness (QED) is 0.842. The molecule has 1 heterocycles. The van der Waals surface area contributed by atoms with E-state index < -0.39 is 6.43 Å². The molecule has 16 heavy (non-hydrogen) atoms. The number of halogens is 3. The second-order valence-electron chi connectivity index (χ2n) is 3.40. The maximum atomic E-state index is 12.0. The standard InChI is InChI=1S/C10H16ClF2N3/c1-3-7-10(11)8(16(4-2)15-7)5-14-6-9(12)13/h9,14H,3-6H2,1-2H3. The molecule has 0 aliphatic heterocycles. The molecule has 1 aromatic heterocycles. The van der Waals surface area contributed by atoms with Gasteiger partial charge in [0.2, 0.25) is 0 Å². The van der Waals surface area contributed by atoms with Gasteiger partial charge in [-0.1, -0.05) is 18.5 Å². The highest BCUT2D eigenvalue weighted by molar-refractivity contribution is 6.31. The van der Waals surface area contributed by atoms with Crippen molar-refractivity contribution in [3.8, 4) is 0 Å². The van der Waals surface area contributed by atoms with Crippen LogP contribution in [0.5, 0.6) is 0 Å². The van der Waals surface area contributed by atoms with Crippen LogP contribution in [-0.4, -0.2) is 22.8 Å². The molecule has 0 radical (unpaired) electrons. The molecule has 0 aliphatic carbocycles. The maximum absolute atomic E-state index is 12.0. The number of aryl methyl sites for hydroxylation is 2. The van der Waals surface area contributed by atoms with E-state index >= 15 is 0 Å². The van der Waals surface area contributed by atoms with Gasteiger partial charge in [0.15, 0.2) is 0 Å². The van der Waals surface area contributed by atoms with Crippen molar-refractivity contribution >= 4 is 11.6 Å². The van der Waals surface area contributed by atoms with Crippen LogP contribution in [-0.2, 0) is 19.5 Å². The highest BCUT2D eigenvalue weighted by Gasteiger charge is 2.14. The summed E-state index contributed by atoms with van der Waals surface area (Å²) in [5, 5.41) is 7.55. The smallest absolute Gasteiger partial charge is 0.250 e. The Balaban J connectivity index is 2.73. The van der Waals surface area contributed by atoms with Gasteiger partial charge in [-0.15, -0.1) is 0 Å². The van der Waals surface area contributed by atoms with Crippen LogP contribution in [0.1, 0.15) is 25.2 Å². The van der Waals surface area contributed by atoms with Crippen LogP contribution in [0.4, 0.5) is 8.78 Å². The van der Waals surface area contributed by atoms with E-state index in [1.807, 2.05) is 13.8 Å². The van der Waals surface area contributed by atoms with Gasteiger partial charge < -0.3 is 5.32 Å². The fraction of sp³-hybridized carbons (Fsp3) is 0.700. The van der Waals surface area contributed by atoms with Crippen molar-refractivity contribution in [3.05, 3.63) is 16.4 Å². The minimum atomic E-state index is -2.34. The van der Waals surface area contributed by atoms with Crippen LogP contribution < -0.4 is 5.32 Å². The molecule has 1 N–H and O–H groups in total. The topological polar surface area (TPSA) is 29.9 Å². The summed E-state index contributed by atoms with van der Waals surface area (Å²) in [6.07, 6.45) is -1.60. The molecule has 0 aliphatic rings. The number of hydrogen-bond donors (Lipinski definition) is 1. The molecular formula is C10H16ClF2N3. The van der Waals surface area contributed by atoms with Crippen molar-refractivity contribution in [2.45, 2.75) is 39.8 Å². The third-order valence-electron chi connectivity index (χ3n) is 2.29. The Morgan fingerprint density at radius 1 is 1.44 bits per heavy atom. The molecule has 0 spiro atoms. The number of hydrogen-bond acceptors (Lipinski definition) is 2. The molecule has 0 atom stereocenters. The van der Waals surface area contributed by atoms with Gasteiger partial charge >= 0.3 is 0 Å². The summed E-state index contributed by atoms with van der Waals surface area (Å²) in [5.41, 5.74) is 1.60. The molecule has 92 valence electrons. The number of nitrogens with zero attached hydrogens (tertiary/aromatic N) is 2. The Morgan fingerprint density at radius 2 is 2.12 bits per heavy atom. The molecule has 0 unspecified atom stereocenters. The van der Waals surface area contributed by atoms with Crippen LogP contribution >= 0.6 is 11.6 Å². The normalized spacial score (nSPS) is 11.4. The second kappa shape index (κ2) is 6.15. The SMILES string of the molecule is CCc1nn(CC)c(CNCC(F)F)c1Cl. The zero-order valence-electron chi connectivity index (χ0n) is 9.43. The number of rotatable bonds is 6. The molecule has 0 saturated heterocycles. The fourth-order valence-corrected chi connectivity index (χ4v) is 1.82. The Hall–Kier alpha value is -0.680. The van der Waals surface area contributed by atoms with Crippen molar-refractivity contribution in [1.82, 2.24) is 15.1 Å². The van der Waals surface area contributed by atoms with Crippen molar-refractivity contribution in [1.29, 1.82) is 0 Å². The summed E-state index contributed by atoms with van der Waals surface area (Å²) in [7, 11) is 0. The molecule has 0 amide bonds. The third kappa shape index (κ3) is 3.15. The molecule has 1 aromatic rings. The third-order valence-corrected chi connectivity index (χ3v) is 2.72.